The zero-order valence-electron chi connectivity index (χ0n) is 10.1. The van der Waals surface area contributed by atoms with Gasteiger partial charge in [0.2, 0.25) is 0 Å². The van der Waals surface area contributed by atoms with Gasteiger partial charge in [0.15, 0.2) is 0 Å². The van der Waals surface area contributed by atoms with Crippen LogP contribution in [0.15, 0.2) is 36.7 Å². The second kappa shape index (κ2) is 4.97. The van der Waals surface area contributed by atoms with Gasteiger partial charge in [-0.2, -0.15) is 0 Å². The minimum Gasteiger partial charge on any atom is -0.350 e. The minimum absolute atomic E-state index is 0.224. The Bertz CT molecular complexity index is 630. The number of fused-ring (bicyclic) bond motifs is 1. The molecule has 1 aliphatic rings. The van der Waals surface area contributed by atoms with Crippen LogP contribution in [0.25, 0.3) is 0 Å². The van der Waals surface area contributed by atoms with E-state index >= 15 is 0 Å². The quantitative estimate of drug-likeness (QED) is 0.933. The summed E-state index contributed by atoms with van der Waals surface area (Å²) in [5.74, 6) is 0.159. The van der Waals surface area contributed by atoms with Crippen LogP contribution in [0, 0.1) is 0 Å². The molecule has 0 fully saturated rings. The fourth-order valence-corrected chi connectivity index (χ4v) is 2.45. The molecule has 1 amide bonds. The van der Waals surface area contributed by atoms with Crippen LogP contribution in [-0.4, -0.2) is 22.4 Å². The zero-order valence-corrected chi connectivity index (χ0v) is 10.9. The van der Waals surface area contributed by atoms with Gasteiger partial charge >= 0.3 is 0 Å². The highest BCUT2D eigenvalue weighted by Gasteiger charge is 2.25. The summed E-state index contributed by atoms with van der Waals surface area (Å²) in [7, 11) is 0. The van der Waals surface area contributed by atoms with E-state index in [2.05, 4.69) is 27.4 Å². The molecule has 96 valence electrons. The highest BCUT2D eigenvalue weighted by molar-refractivity contribution is 6.29. The van der Waals surface area contributed by atoms with Crippen molar-refractivity contribution in [3.8, 4) is 0 Å². The van der Waals surface area contributed by atoms with Crippen LogP contribution in [0.4, 0.5) is 0 Å². The predicted octanol–water partition coefficient (Wildman–Crippen LogP) is 2.20. The van der Waals surface area contributed by atoms with E-state index in [9.17, 15) is 4.79 Å². The molecule has 2 aromatic rings. The third-order valence-electron chi connectivity index (χ3n) is 3.31. The van der Waals surface area contributed by atoms with E-state index in [4.69, 9.17) is 11.6 Å². The Labute approximate surface area is 115 Å². The minimum atomic E-state index is -0.237. The number of hydrogen-bond donors (Lipinski definition) is 1. The van der Waals surface area contributed by atoms with Crippen LogP contribution in [-0.2, 0) is 6.42 Å². The molecule has 5 heteroatoms. The molecule has 1 aromatic heterocycles. The predicted molar refractivity (Wildman–Crippen MR) is 72.3 cm³/mol. The molecule has 1 aromatic carbocycles. The fourth-order valence-electron chi connectivity index (χ4n) is 2.30. The number of amides is 1. The monoisotopic (exact) mass is 273 g/mol. The number of aromatic nitrogens is 2. The van der Waals surface area contributed by atoms with Crippen molar-refractivity contribution in [1.29, 1.82) is 0 Å². The molecular formula is C14H12ClN3O. The van der Waals surface area contributed by atoms with Gasteiger partial charge in [0.1, 0.15) is 10.8 Å². The molecule has 1 atom stereocenters. The molecule has 1 heterocycles. The molecule has 0 aliphatic heterocycles. The summed E-state index contributed by atoms with van der Waals surface area (Å²) in [5.41, 5.74) is 2.93. The largest absolute Gasteiger partial charge is 0.350 e. The molecule has 0 saturated carbocycles. The van der Waals surface area contributed by atoms with Gasteiger partial charge in [-0.05, 0) is 17.5 Å². The van der Waals surface area contributed by atoms with Crippen molar-refractivity contribution in [2.75, 3.05) is 6.54 Å². The molecule has 4 nitrogen and oxygen atoms in total. The van der Waals surface area contributed by atoms with Crippen LogP contribution in [0.3, 0.4) is 0 Å². The van der Waals surface area contributed by atoms with Gasteiger partial charge in [0.05, 0.1) is 12.4 Å². The molecule has 0 bridgehead atoms. The van der Waals surface area contributed by atoms with Crippen molar-refractivity contribution in [3.63, 3.8) is 0 Å². The first kappa shape index (κ1) is 12.1. The van der Waals surface area contributed by atoms with Gasteiger partial charge in [-0.15, -0.1) is 0 Å². The summed E-state index contributed by atoms with van der Waals surface area (Å²) in [4.78, 5) is 19.7. The number of rotatable bonds is 3. The van der Waals surface area contributed by atoms with Crippen molar-refractivity contribution in [3.05, 3.63) is 58.6 Å². The number of nitrogens with one attached hydrogen (secondary N) is 1. The molecular weight excluding hydrogens is 262 g/mol. The lowest BCUT2D eigenvalue weighted by atomic mass is 9.77. The summed E-state index contributed by atoms with van der Waals surface area (Å²) in [5, 5.41) is 3.09. The maximum atomic E-state index is 11.9. The number of nitrogens with zero attached hydrogens (tertiary/aromatic N) is 2. The van der Waals surface area contributed by atoms with Crippen molar-refractivity contribution in [2.45, 2.75) is 12.3 Å². The summed E-state index contributed by atoms with van der Waals surface area (Å²) in [6, 6.07) is 8.29. The maximum Gasteiger partial charge on any atom is 0.271 e. The first-order valence-electron chi connectivity index (χ1n) is 6.07. The van der Waals surface area contributed by atoms with Gasteiger partial charge in [0, 0.05) is 12.5 Å². The Morgan fingerprint density at radius 3 is 3.00 bits per heavy atom. The van der Waals surface area contributed by atoms with Gasteiger partial charge in [0.25, 0.3) is 5.91 Å². The maximum absolute atomic E-state index is 11.9. The van der Waals surface area contributed by atoms with Crippen LogP contribution in [0.5, 0.6) is 0 Å². The smallest absolute Gasteiger partial charge is 0.271 e. The summed E-state index contributed by atoms with van der Waals surface area (Å²) in [6.07, 6.45) is 3.83. The molecule has 0 spiro atoms. The van der Waals surface area contributed by atoms with Gasteiger partial charge in [-0.25, -0.2) is 4.98 Å². The average molecular weight is 274 g/mol. The van der Waals surface area contributed by atoms with Crippen LogP contribution in [0.1, 0.15) is 27.5 Å². The molecule has 19 heavy (non-hydrogen) atoms. The Morgan fingerprint density at radius 1 is 1.37 bits per heavy atom. The first-order valence-corrected chi connectivity index (χ1v) is 6.45. The normalized spacial score (nSPS) is 16.4. The van der Waals surface area contributed by atoms with Crippen molar-refractivity contribution in [2.24, 2.45) is 0 Å². The standard InChI is InChI=1S/C14H12ClN3O/c15-13-8-16-7-12(18-13)14(19)17-6-10-5-9-3-1-2-4-11(9)10/h1-4,7-8,10H,5-6H2,(H,17,19). The Hall–Kier alpha value is -1.94. The third kappa shape index (κ3) is 2.44. The van der Waals surface area contributed by atoms with Crippen molar-refractivity contribution >= 4 is 17.5 Å². The van der Waals surface area contributed by atoms with Gasteiger partial charge < -0.3 is 5.32 Å². The Balaban J connectivity index is 1.61. The molecule has 3 rings (SSSR count). The highest BCUT2D eigenvalue weighted by atomic mass is 35.5. The van der Waals surface area contributed by atoms with E-state index in [-0.39, 0.29) is 16.8 Å². The lowest BCUT2D eigenvalue weighted by molar-refractivity contribution is 0.0944. The average Bonchev–Trinajstić information content (AvgIpc) is 2.39. The van der Waals surface area contributed by atoms with E-state index in [1.165, 1.54) is 23.5 Å². The second-order valence-electron chi connectivity index (χ2n) is 4.54. The summed E-state index contributed by atoms with van der Waals surface area (Å²) >= 11 is 5.70. The lowest BCUT2D eigenvalue weighted by Crippen LogP contribution is -2.33. The topological polar surface area (TPSA) is 54.9 Å². The lowest BCUT2D eigenvalue weighted by Gasteiger charge is -2.30. The molecule has 1 N–H and O–H groups in total. The SMILES string of the molecule is O=C(NCC1Cc2ccccc21)c1cncc(Cl)n1. The number of carbonyl (C=O) groups is 1. The van der Waals surface area contributed by atoms with Gasteiger partial charge in [-0.3, -0.25) is 9.78 Å². The van der Waals surface area contributed by atoms with Crippen LogP contribution >= 0.6 is 11.6 Å². The number of halogens is 1. The zero-order chi connectivity index (χ0) is 13.2. The molecule has 1 aliphatic carbocycles. The van der Waals surface area contributed by atoms with E-state index in [0.29, 0.717) is 12.5 Å². The summed E-state index contributed by atoms with van der Waals surface area (Å²) in [6.45, 7) is 0.615. The van der Waals surface area contributed by atoms with Crippen molar-refractivity contribution in [1.82, 2.24) is 15.3 Å². The van der Waals surface area contributed by atoms with Crippen LogP contribution < -0.4 is 5.32 Å². The van der Waals surface area contributed by atoms with Crippen molar-refractivity contribution < 1.29 is 4.79 Å². The fraction of sp³-hybridized carbons (Fsp3) is 0.214. The molecule has 1 unspecified atom stereocenters. The second-order valence-corrected chi connectivity index (χ2v) is 4.92. The number of hydrogen-bond acceptors (Lipinski definition) is 3. The first-order chi connectivity index (χ1) is 9.24. The number of benzene rings is 1. The van der Waals surface area contributed by atoms with E-state index in [0.717, 1.165) is 6.42 Å². The van der Waals surface area contributed by atoms with E-state index < -0.39 is 0 Å². The van der Waals surface area contributed by atoms with E-state index in [1.54, 1.807) is 0 Å². The summed E-state index contributed by atoms with van der Waals surface area (Å²) < 4.78 is 0. The third-order valence-corrected chi connectivity index (χ3v) is 3.49. The Kier molecular flexibility index (Phi) is 3.17. The Morgan fingerprint density at radius 2 is 2.21 bits per heavy atom. The molecule has 0 radical (unpaired) electrons. The van der Waals surface area contributed by atoms with Gasteiger partial charge in [-0.1, -0.05) is 35.9 Å². The highest BCUT2D eigenvalue weighted by Crippen LogP contribution is 2.33. The van der Waals surface area contributed by atoms with E-state index in [1.807, 2.05) is 12.1 Å². The van der Waals surface area contributed by atoms with Crippen LogP contribution in [0.2, 0.25) is 5.15 Å². The molecule has 0 saturated heterocycles. The number of carbonyl (C=O) groups excluding carboxylic acids is 1.